The van der Waals surface area contributed by atoms with E-state index in [4.69, 9.17) is 4.74 Å². The molecule has 3 heteroatoms. The van der Waals surface area contributed by atoms with Crippen molar-refractivity contribution in [3.05, 3.63) is 34.3 Å². The first-order chi connectivity index (χ1) is 9.14. The summed E-state index contributed by atoms with van der Waals surface area (Å²) in [7, 11) is 0. The third-order valence-electron chi connectivity index (χ3n) is 4.04. The van der Waals surface area contributed by atoms with E-state index in [0.29, 0.717) is 6.04 Å². The van der Waals surface area contributed by atoms with Crippen LogP contribution in [0.2, 0.25) is 0 Å². The number of halogens is 1. The molecule has 1 aromatic carbocycles. The van der Waals surface area contributed by atoms with Gasteiger partial charge in [0.25, 0.3) is 0 Å². The van der Waals surface area contributed by atoms with Crippen LogP contribution >= 0.6 is 15.9 Å². The summed E-state index contributed by atoms with van der Waals surface area (Å²) in [6, 6.07) is 9.01. The predicted octanol–water partition coefficient (Wildman–Crippen LogP) is 3.93. The van der Waals surface area contributed by atoms with Crippen LogP contribution in [0.4, 0.5) is 0 Å². The van der Waals surface area contributed by atoms with Gasteiger partial charge in [0.1, 0.15) is 0 Å². The molecule has 0 amide bonds. The van der Waals surface area contributed by atoms with Crippen LogP contribution in [0.1, 0.15) is 38.7 Å². The lowest BCUT2D eigenvalue weighted by Crippen LogP contribution is -2.53. The molecule has 2 unspecified atom stereocenters. The Kier molecular flexibility index (Phi) is 5.43. The Labute approximate surface area is 125 Å². The molecule has 1 aliphatic heterocycles. The van der Waals surface area contributed by atoms with Crippen molar-refractivity contribution < 1.29 is 4.74 Å². The van der Waals surface area contributed by atoms with Crippen molar-refractivity contribution in [2.45, 2.75) is 51.2 Å². The number of likely N-dealkylation sites (N-methyl/N-ethyl adjacent to an activating group) is 1. The minimum atomic E-state index is -0.0265. The summed E-state index contributed by atoms with van der Waals surface area (Å²) < 4.78 is 7.24. The van der Waals surface area contributed by atoms with Crippen LogP contribution < -0.4 is 5.32 Å². The summed E-state index contributed by atoms with van der Waals surface area (Å²) >= 11 is 3.49. The third kappa shape index (κ3) is 4.04. The monoisotopic (exact) mass is 325 g/mol. The second-order valence-electron chi connectivity index (χ2n) is 5.56. The Morgan fingerprint density at radius 3 is 2.63 bits per heavy atom. The van der Waals surface area contributed by atoms with E-state index in [-0.39, 0.29) is 5.60 Å². The Morgan fingerprint density at radius 2 is 2.05 bits per heavy atom. The summed E-state index contributed by atoms with van der Waals surface area (Å²) in [6.07, 6.45) is 4.66. The van der Waals surface area contributed by atoms with Gasteiger partial charge in [-0.1, -0.05) is 35.0 Å². The molecule has 1 N–H and O–H groups in total. The molecule has 2 rings (SSSR count). The zero-order valence-electron chi connectivity index (χ0n) is 11.9. The predicted molar refractivity (Wildman–Crippen MR) is 83.5 cm³/mol. The molecule has 1 aromatic rings. The molecule has 106 valence electrons. The van der Waals surface area contributed by atoms with Crippen molar-refractivity contribution >= 4 is 15.9 Å². The largest absolute Gasteiger partial charge is 0.374 e. The number of hydrogen-bond donors (Lipinski definition) is 1. The van der Waals surface area contributed by atoms with E-state index in [0.717, 1.165) is 30.5 Å². The van der Waals surface area contributed by atoms with Gasteiger partial charge in [-0.3, -0.25) is 0 Å². The number of benzene rings is 1. The molecule has 19 heavy (non-hydrogen) atoms. The first-order valence-corrected chi connectivity index (χ1v) is 8.05. The van der Waals surface area contributed by atoms with Crippen LogP contribution in [0.5, 0.6) is 0 Å². The topological polar surface area (TPSA) is 21.3 Å². The number of nitrogens with one attached hydrogen (secondary N) is 1. The summed E-state index contributed by atoms with van der Waals surface area (Å²) in [5.74, 6) is 0. The fourth-order valence-corrected chi connectivity index (χ4v) is 3.10. The molecule has 0 aromatic heterocycles. The SMILES string of the molecule is CCNC(Cc1ccc(Br)cc1)C1(C)CCCCO1. The van der Waals surface area contributed by atoms with Gasteiger partial charge in [0.15, 0.2) is 0 Å². The van der Waals surface area contributed by atoms with E-state index in [1.807, 2.05) is 0 Å². The molecule has 0 radical (unpaired) electrons. The maximum atomic E-state index is 6.10. The van der Waals surface area contributed by atoms with Crippen molar-refractivity contribution in [3.63, 3.8) is 0 Å². The van der Waals surface area contributed by atoms with E-state index >= 15 is 0 Å². The van der Waals surface area contributed by atoms with E-state index in [9.17, 15) is 0 Å². The quantitative estimate of drug-likeness (QED) is 0.885. The molecule has 0 spiro atoms. The van der Waals surface area contributed by atoms with Crippen LogP contribution in [-0.2, 0) is 11.2 Å². The van der Waals surface area contributed by atoms with Gasteiger partial charge in [-0.2, -0.15) is 0 Å². The van der Waals surface area contributed by atoms with Gasteiger partial charge in [0.05, 0.1) is 5.60 Å². The summed E-state index contributed by atoms with van der Waals surface area (Å²) in [4.78, 5) is 0. The highest BCUT2D eigenvalue weighted by Gasteiger charge is 2.36. The van der Waals surface area contributed by atoms with Crippen LogP contribution in [0, 0.1) is 0 Å². The lowest BCUT2D eigenvalue weighted by atomic mass is 9.84. The highest BCUT2D eigenvalue weighted by Crippen LogP contribution is 2.29. The van der Waals surface area contributed by atoms with Crippen molar-refractivity contribution in [3.8, 4) is 0 Å². The molecule has 0 aliphatic carbocycles. The molecule has 1 saturated heterocycles. The van der Waals surface area contributed by atoms with Gasteiger partial charge in [-0.25, -0.2) is 0 Å². The van der Waals surface area contributed by atoms with Crippen molar-refractivity contribution in [1.82, 2.24) is 5.32 Å². The van der Waals surface area contributed by atoms with Gasteiger partial charge in [0.2, 0.25) is 0 Å². The Balaban J connectivity index is 2.08. The Hall–Kier alpha value is -0.380. The highest BCUT2D eigenvalue weighted by molar-refractivity contribution is 9.10. The second kappa shape index (κ2) is 6.87. The van der Waals surface area contributed by atoms with E-state index in [2.05, 4.69) is 59.4 Å². The molecule has 1 heterocycles. The van der Waals surface area contributed by atoms with Gasteiger partial charge in [-0.15, -0.1) is 0 Å². The fraction of sp³-hybridized carbons (Fsp3) is 0.625. The van der Waals surface area contributed by atoms with E-state index < -0.39 is 0 Å². The van der Waals surface area contributed by atoms with Gasteiger partial charge in [0, 0.05) is 17.1 Å². The van der Waals surface area contributed by atoms with E-state index in [1.54, 1.807) is 0 Å². The average Bonchev–Trinajstić information content (AvgIpc) is 2.41. The normalized spacial score (nSPS) is 25.2. The molecular weight excluding hydrogens is 302 g/mol. The van der Waals surface area contributed by atoms with Crippen LogP contribution in [0.25, 0.3) is 0 Å². The molecular formula is C16H24BrNO. The maximum absolute atomic E-state index is 6.10. The van der Waals surface area contributed by atoms with Crippen LogP contribution in [0.3, 0.4) is 0 Å². The van der Waals surface area contributed by atoms with Gasteiger partial charge < -0.3 is 10.1 Å². The van der Waals surface area contributed by atoms with Crippen molar-refractivity contribution in [2.24, 2.45) is 0 Å². The zero-order valence-corrected chi connectivity index (χ0v) is 13.5. The molecule has 1 fully saturated rings. The first-order valence-electron chi connectivity index (χ1n) is 7.26. The second-order valence-corrected chi connectivity index (χ2v) is 6.47. The summed E-state index contributed by atoms with van der Waals surface area (Å²) in [6.45, 7) is 6.32. The van der Waals surface area contributed by atoms with E-state index in [1.165, 1.54) is 18.4 Å². The maximum Gasteiger partial charge on any atom is 0.0810 e. The average molecular weight is 326 g/mol. The molecule has 0 bridgehead atoms. The third-order valence-corrected chi connectivity index (χ3v) is 4.57. The lowest BCUT2D eigenvalue weighted by molar-refractivity contribution is -0.0881. The van der Waals surface area contributed by atoms with Gasteiger partial charge in [-0.05, 0) is 56.8 Å². The Bertz CT molecular complexity index is 384. The number of ether oxygens (including phenoxy) is 1. The molecule has 1 aliphatic rings. The minimum Gasteiger partial charge on any atom is -0.374 e. The highest BCUT2D eigenvalue weighted by atomic mass is 79.9. The number of rotatable bonds is 5. The number of hydrogen-bond acceptors (Lipinski definition) is 2. The molecule has 2 atom stereocenters. The lowest BCUT2D eigenvalue weighted by Gasteiger charge is -2.41. The first kappa shape index (κ1) is 15.0. The Morgan fingerprint density at radius 1 is 1.32 bits per heavy atom. The zero-order chi connectivity index (χ0) is 13.7. The minimum absolute atomic E-state index is 0.0265. The standard InChI is InChI=1S/C16H24BrNO/c1-3-18-15(16(2)10-4-5-11-19-16)12-13-6-8-14(17)9-7-13/h6-9,15,18H,3-5,10-12H2,1-2H3. The smallest absolute Gasteiger partial charge is 0.0810 e. The van der Waals surface area contributed by atoms with Crippen LogP contribution in [0.15, 0.2) is 28.7 Å². The van der Waals surface area contributed by atoms with Crippen molar-refractivity contribution in [2.75, 3.05) is 13.2 Å². The van der Waals surface area contributed by atoms with Gasteiger partial charge >= 0.3 is 0 Å². The van der Waals surface area contributed by atoms with Crippen molar-refractivity contribution in [1.29, 1.82) is 0 Å². The summed E-state index contributed by atoms with van der Waals surface area (Å²) in [5.41, 5.74) is 1.34. The molecule has 2 nitrogen and oxygen atoms in total. The molecule has 0 saturated carbocycles. The van der Waals surface area contributed by atoms with Crippen LogP contribution in [-0.4, -0.2) is 24.8 Å². The summed E-state index contributed by atoms with van der Waals surface area (Å²) in [5, 5.41) is 3.62. The fourth-order valence-electron chi connectivity index (χ4n) is 2.84.